The van der Waals surface area contributed by atoms with Crippen LogP contribution in [-0.4, -0.2) is 28.4 Å². The van der Waals surface area contributed by atoms with Crippen molar-refractivity contribution < 1.29 is 14.3 Å². The number of benzene rings is 2. The molecule has 2 amide bonds. The van der Waals surface area contributed by atoms with E-state index in [1.807, 2.05) is 51.1 Å². The molecule has 1 heterocycles. The molecule has 0 fully saturated rings. The summed E-state index contributed by atoms with van der Waals surface area (Å²) in [6, 6.07) is 14.0. The fourth-order valence-corrected chi connectivity index (χ4v) is 3.53. The third kappa shape index (κ3) is 6.52. The molecule has 0 radical (unpaired) electrons. The average Bonchev–Trinajstić information content (AvgIpc) is 3.20. The Labute approximate surface area is 209 Å². The second-order valence-electron chi connectivity index (χ2n) is 8.73. The van der Waals surface area contributed by atoms with Gasteiger partial charge in [0.25, 0.3) is 0 Å². The number of nitrogens with one attached hydrogen (secondary N) is 2. The maximum atomic E-state index is 12.7. The van der Waals surface area contributed by atoms with E-state index in [2.05, 4.69) is 10.6 Å². The smallest absolute Gasteiger partial charge is 0.324 e. The number of esters is 1. The van der Waals surface area contributed by atoms with Crippen LogP contribution in [0.2, 0.25) is 10.0 Å². The topological polar surface area (TPSA) is 85.2 Å². The van der Waals surface area contributed by atoms with Gasteiger partial charge >= 0.3 is 12.0 Å². The lowest BCUT2D eigenvalue weighted by atomic mass is 9.92. The SMILES string of the molecule is CCOC(=O)CCc1ccc(-n2nc(C(C)(C)C)cc2NC(=O)Nc2cccc(Cl)c2Cl)cc1. The van der Waals surface area contributed by atoms with Crippen LogP contribution in [0.1, 0.15) is 45.4 Å². The highest BCUT2D eigenvalue weighted by atomic mass is 35.5. The molecule has 1 aromatic heterocycles. The molecule has 0 spiro atoms. The van der Waals surface area contributed by atoms with Gasteiger partial charge in [-0.2, -0.15) is 5.10 Å². The van der Waals surface area contributed by atoms with E-state index >= 15 is 0 Å². The van der Waals surface area contributed by atoms with Crippen molar-refractivity contribution in [2.24, 2.45) is 0 Å². The summed E-state index contributed by atoms with van der Waals surface area (Å²) in [7, 11) is 0. The summed E-state index contributed by atoms with van der Waals surface area (Å²) in [5.74, 6) is 0.283. The second-order valence-corrected chi connectivity index (χ2v) is 9.51. The Morgan fingerprint density at radius 1 is 1.06 bits per heavy atom. The molecule has 0 aliphatic carbocycles. The van der Waals surface area contributed by atoms with Crippen LogP contribution in [-0.2, 0) is 21.4 Å². The van der Waals surface area contributed by atoms with Gasteiger partial charge in [0.2, 0.25) is 0 Å². The van der Waals surface area contributed by atoms with Gasteiger partial charge in [-0.3, -0.25) is 10.1 Å². The summed E-state index contributed by atoms with van der Waals surface area (Å²) in [4.78, 5) is 24.4. The standard InChI is InChI=1S/C25H28Cl2N4O3/c1-5-34-22(32)14-11-16-9-12-17(13-10-16)31-21(15-20(30-31)25(2,3)4)29-24(33)28-19-8-6-7-18(26)23(19)27/h6-10,12-13,15H,5,11,14H2,1-4H3,(H2,28,29,33). The molecule has 0 aliphatic heterocycles. The number of nitrogens with zero attached hydrogens (tertiary/aromatic N) is 2. The van der Waals surface area contributed by atoms with Crippen molar-refractivity contribution in [1.29, 1.82) is 0 Å². The van der Waals surface area contributed by atoms with Crippen molar-refractivity contribution in [1.82, 2.24) is 9.78 Å². The highest BCUT2D eigenvalue weighted by Crippen LogP contribution is 2.30. The van der Waals surface area contributed by atoms with Gasteiger partial charge in [-0.05, 0) is 43.2 Å². The fourth-order valence-electron chi connectivity index (χ4n) is 3.19. The molecule has 0 unspecified atom stereocenters. The number of anilines is 2. The molecule has 0 atom stereocenters. The van der Waals surface area contributed by atoms with Crippen molar-refractivity contribution in [3.8, 4) is 5.69 Å². The Balaban J connectivity index is 1.82. The summed E-state index contributed by atoms with van der Waals surface area (Å²) in [6.45, 7) is 8.31. The number of ether oxygens (including phenoxy) is 1. The predicted octanol–water partition coefficient (Wildman–Crippen LogP) is 6.62. The first-order chi connectivity index (χ1) is 16.1. The number of hydrogen-bond donors (Lipinski definition) is 2. The number of aromatic nitrogens is 2. The van der Waals surface area contributed by atoms with Gasteiger partial charge in [0.1, 0.15) is 5.82 Å². The third-order valence-corrected chi connectivity index (χ3v) is 5.84. The van der Waals surface area contributed by atoms with E-state index in [-0.39, 0.29) is 16.4 Å². The van der Waals surface area contributed by atoms with Gasteiger partial charge in [-0.1, -0.05) is 62.2 Å². The third-order valence-electron chi connectivity index (χ3n) is 5.02. The monoisotopic (exact) mass is 502 g/mol. The van der Waals surface area contributed by atoms with E-state index in [4.69, 9.17) is 33.0 Å². The Morgan fingerprint density at radius 3 is 2.41 bits per heavy atom. The molecule has 34 heavy (non-hydrogen) atoms. The molecule has 0 saturated heterocycles. The molecule has 3 rings (SSSR count). The summed E-state index contributed by atoms with van der Waals surface area (Å²) in [6.07, 6.45) is 0.904. The second kappa shape index (κ2) is 10.9. The lowest BCUT2D eigenvalue weighted by Crippen LogP contribution is -2.21. The zero-order valence-electron chi connectivity index (χ0n) is 19.6. The van der Waals surface area contributed by atoms with Crippen LogP contribution in [0.3, 0.4) is 0 Å². The van der Waals surface area contributed by atoms with Gasteiger partial charge in [0.05, 0.1) is 33.7 Å². The molecule has 2 N–H and O–H groups in total. The number of amides is 2. The first-order valence-electron chi connectivity index (χ1n) is 11.0. The number of aryl methyl sites for hydroxylation is 1. The first kappa shape index (κ1) is 25.6. The Kier molecular flexibility index (Phi) is 8.23. The quantitative estimate of drug-likeness (QED) is 0.355. The van der Waals surface area contributed by atoms with Crippen molar-refractivity contribution >= 4 is 46.7 Å². The van der Waals surface area contributed by atoms with Gasteiger partial charge in [0, 0.05) is 17.9 Å². The number of rotatable bonds is 7. The lowest BCUT2D eigenvalue weighted by Gasteiger charge is -2.14. The molecular formula is C25H28Cl2N4O3. The summed E-state index contributed by atoms with van der Waals surface area (Å²) >= 11 is 12.2. The molecule has 3 aromatic rings. The molecule has 7 nitrogen and oxygen atoms in total. The summed E-state index contributed by atoms with van der Waals surface area (Å²) in [5, 5.41) is 10.9. The van der Waals surface area contributed by atoms with Crippen molar-refractivity contribution in [3.05, 3.63) is 69.8 Å². The fraction of sp³-hybridized carbons (Fsp3) is 0.320. The predicted molar refractivity (Wildman–Crippen MR) is 136 cm³/mol. The van der Waals surface area contributed by atoms with Crippen LogP contribution >= 0.6 is 23.2 Å². The van der Waals surface area contributed by atoms with Crippen LogP contribution in [0.25, 0.3) is 5.69 Å². The first-order valence-corrected chi connectivity index (χ1v) is 11.7. The van der Waals surface area contributed by atoms with E-state index in [0.717, 1.165) is 16.9 Å². The van der Waals surface area contributed by atoms with Crippen LogP contribution in [0.4, 0.5) is 16.3 Å². The number of carbonyl (C=O) groups is 2. The molecule has 0 saturated carbocycles. The van der Waals surface area contributed by atoms with Gasteiger partial charge < -0.3 is 10.1 Å². The van der Waals surface area contributed by atoms with Gasteiger partial charge in [-0.25, -0.2) is 9.48 Å². The maximum Gasteiger partial charge on any atom is 0.324 e. The molecule has 0 aliphatic rings. The Morgan fingerprint density at radius 2 is 1.76 bits per heavy atom. The highest BCUT2D eigenvalue weighted by Gasteiger charge is 2.22. The van der Waals surface area contributed by atoms with Gasteiger partial charge in [-0.15, -0.1) is 0 Å². The normalized spacial score (nSPS) is 11.2. The molecule has 180 valence electrons. The summed E-state index contributed by atoms with van der Waals surface area (Å²) in [5.41, 5.74) is 2.76. The highest BCUT2D eigenvalue weighted by molar-refractivity contribution is 6.44. The Bertz CT molecular complexity index is 1170. The van der Waals surface area contributed by atoms with E-state index < -0.39 is 6.03 Å². The number of carbonyl (C=O) groups excluding carboxylic acids is 2. The van der Waals surface area contributed by atoms with Crippen molar-refractivity contribution in [2.75, 3.05) is 17.2 Å². The van der Waals surface area contributed by atoms with E-state index in [0.29, 0.717) is 36.0 Å². The zero-order chi connectivity index (χ0) is 24.9. The van der Waals surface area contributed by atoms with Gasteiger partial charge in [0.15, 0.2) is 0 Å². The van der Waals surface area contributed by atoms with Crippen LogP contribution < -0.4 is 10.6 Å². The number of halogens is 2. The molecule has 2 aromatic carbocycles. The van der Waals surface area contributed by atoms with Crippen LogP contribution in [0.5, 0.6) is 0 Å². The Hall–Kier alpha value is -3.03. The molecule has 0 bridgehead atoms. The van der Waals surface area contributed by atoms with E-state index in [1.165, 1.54) is 0 Å². The van der Waals surface area contributed by atoms with Crippen molar-refractivity contribution in [3.63, 3.8) is 0 Å². The largest absolute Gasteiger partial charge is 0.466 e. The van der Waals surface area contributed by atoms with Crippen LogP contribution in [0.15, 0.2) is 48.5 Å². The minimum Gasteiger partial charge on any atom is -0.466 e. The lowest BCUT2D eigenvalue weighted by molar-refractivity contribution is -0.143. The van der Waals surface area contributed by atoms with E-state index in [1.54, 1.807) is 29.8 Å². The van der Waals surface area contributed by atoms with Crippen LogP contribution in [0, 0.1) is 0 Å². The number of urea groups is 1. The minimum atomic E-state index is -0.475. The van der Waals surface area contributed by atoms with Crippen molar-refractivity contribution in [2.45, 2.75) is 46.0 Å². The molecular weight excluding hydrogens is 475 g/mol. The average molecular weight is 503 g/mol. The van der Waals surface area contributed by atoms with E-state index in [9.17, 15) is 9.59 Å². The zero-order valence-corrected chi connectivity index (χ0v) is 21.1. The maximum absolute atomic E-state index is 12.7. The molecule has 9 heteroatoms. The minimum absolute atomic E-state index is 0.217. The summed E-state index contributed by atoms with van der Waals surface area (Å²) < 4.78 is 6.66. The number of hydrogen-bond acceptors (Lipinski definition) is 4.